The molecular weight excluding hydrogens is 659 g/mol. The van der Waals surface area contributed by atoms with Gasteiger partial charge in [0.2, 0.25) is 0 Å². The molecule has 8 nitrogen and oxygen atoms in total. The summed E-state index contributed by atoms with van der Waals surface area (Å²) >= 11 is 0. The van der Waals surface area contributed by atoms with Crippen LogP contribution in [-0.4, -0.2) is 50.2 Å². The number of para-hydroxylation sites is 1. The van der Waals surface area contributed by atoms with Crippen molar-refractivity contribution in [3.63, 3.8) is 0 Å². The van der Waals surface area contributed by atoms with Crippen molar-refractivity contribution in [1.29, 1.82) is 0 Å². The second-order valence-corrected chi connectivity index (χ2v) is 13.9. The number of nitrogens with zero attached hydrogens (tertiary/aromatic N) is 1. The van der Waals surface area contributed by atoms with Crippen LogP contribution in [0.25, 0.3) is 0 Å². The Balaban J connectivity index is 1.37. The van der Waals surface area contributed by atoms with E-state index >= 15 is 0 Å². The first-order valence-electron chi connectivity index (χ1n) is 16.6. The lowest BCUT2D eigenvalue weighted by atomic mass is 9.74. The highest BCUT2D eigenvalue weighted by Crippen LogP contribution is 2.45. The molecule has 0 radical (unpaired) electrons. The summed E-state index contributed by atoms with van der Waals surface area (Å²) < 4.78 is 88.2. The first-order valence-corrected chi connectivity index (χ1v) is 18.1. The van der Waals surface area contributed by atoms with Crippen molar-refractivity contribution in [2.75, 3.05) is 13.2 Å². The topological polar surface area (TPSA) is 91.4 Å². The molecule has 2 aliphatic rings. The maximum atomic E-state index is 13.9. The molecule has 0 N–H and O–H groups in total. The van der Waals surface area contributed by atoms with Crippen LogP contribution in [0.15, 0.2) is 102 Å². The molecule has 5 rings (SSSR count). The molecule has 3 aromatic rings. The molecule has 3 atom stereocenters. The third-order valence-electron chi connectivity index (χ3n) is 8.84. The number of hydrogen-bond acceptors (Lipinski definition) is 7. The molecule has 3 aromatic carbocycles. The summed E-state index contributed by atoms with van der Waals surface area (Å²) in [7, 11) is -5.94. The van der Waals surface area contributed by atoms with Crippen LogP contribution >= 0.6 is 0 Å². The summed E-state index contributed by atoms with van der Waals surface area (Å²) in [6, 6.07) is 26.5. The Morgan fingerprint density at radius 2 is 1.33 bits per heavy atom. The zero-order valence-electron chi connectivity index (χ0n) is 27.2. The second-order valence-electron chi connectivity index (χ2n) is 12.3. The summed E-state index contributed by atoms with van der Waals surface area (Å²) in [6.45, 7) is 1.54. The van der Waals surface area contributed by atoms with Gasteiger partial charge in [0.15, 0.2) is 0 Å². The molecule has 1 saturated carbocycles. The molecule has 1 aliphatic heterocycles. The third kappa shape index (κ3) is 10.1. The highest BCUT2D eigenvalue weighted by molar-refractivity contribution is 7.87. The lowest BCUT2D eigenvalue weighted by Crippen LogP contribution is -2.54. The van der Waals surface area contributed by atoms with Crippen molar-refractivity contribution in [3.8, 4) is 5.75 Å². The van der Waals surface area contributed by atoms with E-state index in [1.54, 1.807) is 35.2 Å². The maximum absolute atomic E-state index is 13.9. The number of fused-ring (bicyclic) bond motifs is 1. The van der Waals surface area contributed by atoms with Crippen LogP contribution < -0.4 is 4.74 Å². The minimum atomic E-state index is -5.94. The van der Waals surface area contributed by atoms with Crippen LogP contribution in [0.4, 0.5) is 18.0 Å². The van der Waals surface area contributed by atoms with Gasteiger partial charge in [0, 0.05) is 25.7 Å². The van der Waals surface area contributed by atoms with E-state index in [1.165, 1.54) is 0 Å². The van der Waals surface area contributed by atoms with Gasteiger partial charge in [-0.1, -0.05) is 85.3 Å². The van der Waals surface area contributed by atoms with Gasteiger partial charge in [0.05, 0.1) is 19.3 Å². The zero-order valence-corrected chi connectivity index (χ0v) is 28.0. The number of carbonyl (C=O) groups excluding carboxylic acids is 1. The van der Waals surface area contributed by atoms with Gasteiger partial charge in [-0.3, -0.25) is 4.90 Å². The predicted molar refractivity (Wildman–Crippen MR) is 178 cm³/mol. The quantitative estimate of drug-likeness (QED) is 0.0891. The summed E-state index contributed by atoms with van der Waals surface area (Å²) in [4.78, 5) is 15.5. The van der Waals surface area contributed by atoms with Crippen LogP contribution in [0.2, 0.25) is 0 Å². The minimum Gasteiger partial charge on any atom is -0.410 e. The standard InChI is InChI=1S/C37H42F3NO7S/c38-37(39,40)49(43,44)48-34-25-31(19-12-24-46-27-29-15-6-2-7-16-29)41(36(42)47-32-20-8-3-9-21-32)33-22-10-17-30(35(33)34)18-11-23-45-26-28-13-4-1-5-14-28/h1-9,13-16,20-21,30-31,33H,10-12,17-19,22-27H2/t30-,31-,33+/m1/s1. The summed E-state index contributed by atoms with van der Waals surface area (Å²) in [6.07, 6.45) is 2.80. The number of ether oxygens (including phenoxy) is 3. The SMILES string of the molecule is O=C(Oc1ccccc1)N1[C@H](CCCOCc2ccccc2)CC(OS(=O)(=O)C(F)(F)F)=C2[C@@H](CCCOCc3ccccc3)CCC[C@@H]21. The lowest BCUT2D eigenvalue weighted by molar-refractivity contribution is -0.0531. The van der Waals surface area contributed by atoms with Crippen LogP contribution in [0.1, 0.15) is 62.5 Å². The maximum Gasteiger partial charge on any atom is 0.534 e. The Bertz CT molecular complexity index is 1620. The Hall–Kier alpha value is -3.87. The number of alkyl halides is 3. The first kappa shape index (κ1) is 36.4. The molecule has 1 heterocycles. The normalized spacial score (nSPS) is 19.7. The molecule has 12 heteroatoms. The van der Waals surface area contributed by atoms with Crippen molar-refractivity contribution in [3.05, 3.63) is 113 Å². The van der Waals surface area contributed by atoms with Crippen molar-refractivity contribution in [2.45, 2.75) is 82.2 Å². The molecule has 0 unspecified atom stereocenters. The summed E-state index contributed by atoms with van der Waals surface area (Å²) in [5, 5.41) is 0. The van der Waals surface area contributed by atoms with E-state index in [9.17, 15) is 26.4 Å². The predicted octanol–water partition coefficient (Wildman–Crippen LogP) is 8.54. The fraction of sp³-hybridized carbons (Fsp3) is 0.432. The van der Waals surface area contributed by atoms with E-state index in [-0.39, 0.29) is 18.1 Å². The Morgan fingerprint density at radius 3 is 1.90 bits per heavy atom. The number of amides is 1. The van der Waals surface area contributed by atoms with Crippen molar-refractivity contribution in [2.24, 2.45) is 5.92 Å². The Morgan fingerprint density at radius 1 is 0.776 bits per heavy atom. The molecule has 0 bridgehead atoms. The van der Waals surface area contributed by atoms with Crippen molar-refractivity contribution in [1.82, 2.24) is 4.90 Å². The van der Waals surface area contributed by atoms with E-state index in [1.807, 2.05) is 60.7 Å². The Labute approximate surface area is 285 Å². The molecule has 0 saturated heterocycles. The monoisotopic (exact) mass is 701 g/mol. The molecule has 1 amide bonds. The zero-order chi connectivity index (χ0) is 34.7. The van der Waals surface area contributed by atoms with E-state index in [2.05, 4.69) is 0 Å². The highest BCUT2D eigenvalue weighted by atomic mass is 32.2. The van der Waals surface area contributed by atoms with E-state index in [0.717, 1.165) is 11.1 Å². The fourth-order valence-electron chi connectivity index (χ4n) is 6.63. The van der Waals surface area contributed by atoms with Crippen molar-refractivity contribution < 1.29 is 44.8 Å². The van der Waals surface area contributed by atoms with E-state index in [0.29, 0.717) is 82.7 Å². The molecule has 1 fully saturated rings. The number of halogens is 3. The highest BCUT2D eigenvalue weighted by Gasteiger charge is 2.51. The average Bonchev–Trinajstić information content (AvgIpc) is 3.08. The molecular formula is C37H42F3NO7S. The van der Waals surface area contributed by atoms with Crippen LogP contribution in [0.5, 0.6) is 5.75 Å². The number of benzene rings is 3. The second kappa shape index (κ2) is 17.2. The molecule has 0 aromatic heterocycles. The van der Waals surface area contributed by atoms with Gasteiger partial charge in [0.25, 0.3) is 0 Å². The van der Waals surface area contributed by atoms with Crippen LogP contribution in [0, 0.1) is 5.92 Å². The van der Waals surface area contributed by atoms with Gasteiger partial charge in [-0.05, 0) is 73.3 Å². The van der Waals surface area contributed by atoms with Crippen LogP contribution in [0.3, 0.4) is 0 Å². The number of rotatable bonds is 15. The summed E-state index contributed by atoms with van der Waals surface area (Å²) in [5.41, 5.74) is -3.17. The fourth-order valence-corrected chi connectivity index (χ4v) is 7.15. The van der Waals surface area contributed by atoms with Gasteiger partial charge in [-0.25, -0.2) is 4.79 Å². The van der Waals surface area contributed by atoms with Gasteiger partial charge < -0.3 is 18.4 Å². The van der Waals surface area contributed by atoms with E-state index < -0.39 is 33.8 Å². The Kier molecular flexibility index (Phi) is 12.8. The summed E-state index contributed by atoms with van der Waals surface area (Å²) in [5.74, 6) is -0.205. The number of carbonyl (C=O) groups is 1. The van der Waals surface area contributed by atoms with E-state index in [4.69, 9.17) is 18.4 Å². The van der Waals surface area contributed by atoms with Crippen LogP contribution in [-0.2, 0) is 37.0 Å². The average molecular weight is 702 g/mol. The largest absolute Gasteiger partial charge is 0.534 e. The smallest absolute Gasteiger partial charge is 0.410 e. The molecule has 49 heavy (non-hydrogen) atoms. The molecule has 0 spiro atoms. The lowest BCUT2D eigenvalue weighted by Gasteiger charge is -2.47. The van der Waals surface area contributed by atoms with Gasteiger partial charge in [-0.15, -0.1) is 0 Å². The molecule has 1 aliphatic carbocycles. The molecule has 264 valence electrons. The third-order valence-corrected chi connectivity index (χ3v) is 9.83. The number of hydrogen-bond donors (Lipinski definition) is 0. The van der Waals surface area contributed by atoms with Crippen molar-refractivity contribution >= 4 is 16.2 Å². The van der Waals surface area contributed by atoms with Gasteiger partial charge >= 0.3 is 21.7 Å². The van der Waals surface area contributed by atoms with Gasteiger partial charge in [-0.2, -0.15) is 21.6 Å². The van der Waals surface area contributed by atoms with Gasteiger partial charge in [0.1, 0.15) is 11.5 Å². The first-order chi connectivity index (χ1) is 23.6. The minimum absolute atomic E-state index is 0.204.